The molecule has 0 amide bonds. The molecular formula is C49H30N4S. The molecule has 0 unspecified atom stereocenters. The highest BCUT2D eigenvalue weighted by atomic mass is 32.2. The second-order valence-electron chi connectivity index (χ2n) is 13.8. The first-order chi connectivity index (χ1) is 26.8. The van der Waals surface area contributed by atoms with Crippen LogP contribution in [0.15, 0.2) is 192 Å². The van der Waals surface area contributed by atoms with E-state index >= 15 is 0 Å². The first kappa shape index (κ1) is 30.9. The van der Waals surface area contributed by atoms with Crippen LogP contribution in [0.1, 0.15) is 22.3 Å². The van der Waals surface area contributed by atoms with Crippen molar-refractivity contribution in [2.24, 2.45) is 0 Å². The molecule has 3 heterocycles. The van der Waals surface area contributed by atoms with Crippen molar-refractivity contribution in [1.29, 1.82) is 0 Å². The van der Waals surface area contributed by atoms with Gasteiger partial charge in [-0.05, 0) is 68.1 Å². The van der Waals surface area contributed by atoms with E-state index in [1.807, 2.05) is 60.6 Å². The molecule has 1 aliphatic heterocycles. The number of nitrogens with zero attached hydrogens (tertiary/aromatic N) is 4. The zero-order valence-corrected chi connectivity index (χ0v) is 29.8. The van der Waals surface area contributed by atoms with Gasteiger partial charge in [-0.3, -0.25) is 4.98 Å². The van der Waals surface area contributed by atoms with E-state index in [1.165, 1.54) is 59.7 Å². The molecule has 2 aliphatic rings. The Balaban J connectivity index is 1.15. The van der Waals surface area contributed by atoms with Gasteiger partial charge in [0.25, 0.3) is 0 Å². The molecule has 9 aromatic rings. The highest BCUT2D eigenvalue weighted by Gasteiger charge is 2.50. The average molecular weight is 707 g/mol. The predicted octanol–water partition coefficient (Wildman–Crippen LogP) is 11.9. The van der Waals surface area contributed by atoms with Crippen LogP contribution in [-0.2, 0) is 5.41 Å². The third kappa shape index (κ3) is 4.65. The van der Waals surface area contributed by atoms with Crippen molar-refractivity contribution in [3.05, 3.63) is 205 Å². The molecule has 0 fully saturated rings. The fraction of sp³-hybridized carbons (Fsp3) is 0.0204. The molecule has 11 rings (SSSR count). The maximum atomic E-state index is 5.10. The number of pyridine rings is 1. The Kier molecular flexibility index (Phi) is 6.97. The van der Waals surface area contributed by atoms with Crippen LogP contribution in [0.5, 0.6) is 0 Å². The molecule has 2 aromatic heterocycles. The van der Waals surface area contributed by atoms with Gasteiger partial charge in [0.2, 0.25) is 0 Å². The number of fused-ring (bicyclic) bond motifs is 10. The SMILES string of the molecule is c1ccc(-c2nc(-c3ccccc3)nc(-c3ccc4c(c3)Sc3cc(-c5cccc6cnccc56)ccc3C43c4ccccc4-c4ccccc43)n2)cc1. The van der Waals surface area contributed by atoms with Gasteiger partial charge in [-0.2, -0.15) is 0 Å². The minimum Gasteiger partial charge on any atom is -0.264 e. The Morgan fingerprint density at radius 1 is 0.389 bits per heavy atom. The molecule has 0 bridgehead atoms. The summed E-state index contributed by atoms with van der Waals surface area (Å²) >= 11 is 1.83. The number of rotatable bonds is 4. The van der Waals surface area contributed by atoms with Gasteiger partial charge in [0.05, 0.1) is 5.41 Å². The number of benzene rings is 7. The van der Waals surface area contributed by atoms with Gasteiger partial charge >= 0.3 is 0 Å². The van der Waals surface area contributed by atoms with Crippen LogP contribution < -0.4 is 0 Å². The van der Waals surface area contributed by atoms with Crippen LogP contribution in [0.3, 0.4) is 0 Å². The number of aromatic nitrogens is 4. The summed E-state index contributed by atoms with van der Waals surface area (Å²) < 4.78 is 0. The van der Waals surface area contributed by atoms with Gasteiger partial charge < -0.3 is 0 Å². The maximum absolute atomic E-state index is 5.10. The van der Waals surface area contributed by atoms with Crippen LogP contribution in [0.2, 0.25) is 0 Å². The zero-order valence-electron chi connectivity index (χ0n) is 29.0. The van der Waals surface area contributed by atoms with Gasteiger partial charge in [-0.15, -0.1) is 0 Å². The van der Waals surface area contributed by atoms with E-state index in [-0.39, 0.29) is 0 Å². The molecule has 4 nitrogen and oxygen atoms in total. The minimum atomic E-state index is -0.494. The Morgan fingerprint density at radius 3 is 1.54 bits per heavy atom. The van der Waals surface area contributed by atoms with Crippen molar-refractivity contribution in [3.8, 4) is 56.4 Å². The lowest BCUT2D eigenvalue weighted by molar-refractivity contribution is 0.723. The third-order valence-electron chi connectivity index (χ3n) is 10.9. The summed E-state index contributed by atoms with van der Waals surface area (Å²) in [6.07, 6.45) is 3.82. The number of hydrogen-bond acceptors (Lipinski definition) is 5. The summed E-state index contributed by atoms with van der Waals surface area (Å²) in [5, 5.41) is 2.33. The Labute approximate surface area is 317 Å². The van der Waals surface area contributed by atoms with E-state index in [4.69, 9.17) is 15.0 Å². The Hall–Kier alpha value is -6.69. The van der Waals surface area contributed by atoms with E-state index in [2.05, 4.69) is 138 Å². The molecule has 1 aliphatic carbocycles. The summed E-state index contributed by atoms with van der Waals surface area (Å²) in [5.41, 5.74) is 12.5. The largest absolute Gasteiger partial charge is 0.264 e. The van der Waals surface area contributed by atoms with Crippen LogP contribution in [0.25, 0.3) is 67.2 Å². The molecular weight excluding hydrogens is 677 g/mol. The van der Waals surface area contributed by atoms with E-state index < -0.39 is 5.41 Å². The lowest BCUT2D eigenvalue weighted by Gasteiger charge is -2.40. The van der Waals surface area contributed by atoms with Gasteiger partial charge in [-0.1, -0.05) is 163 Å². The van der Waals surface area contributed by atoms with Gasteiger partial charge in [0.15, 0.2) is 17.5 Å². The highest BCUT2D eigenvalue weighted by Crippen LogP contribution is 2.62. The summed E-state index contributed by atoms with van der Waals surface area (Å²) in [5.74, 6) is 1.96. The van der Waals surface area contributed by atoms with Gasteiger partial charge in [0, 0.05) is 44.3 Å². The van der Waals surface area contributed by atoms with Crippen molar-refractivity contribution in [2.45, 2.75) is 15.2 Å². The monoisotopic (exact) mass is 706 g/mol. The van der Waals surface area contributed by atoms with E-state index in [9.17, 15) is 0 Å². The topological polar surface area (TPSA) is 51.6 Å². The molecule has 0 atom stereocenters. The first-order valence-corrected chi connectivity index (χ1v) is 18.9. The van der Waals surface area contributed by atoms with Gasteiger partial charge in [0.1, 0.15) is 0 Å². The quantitative estimate of drug-likeness (QED) is 0.182. The predicted molar refractivity (Wildman–Crippen MR) is 218 cm³/mol. The van der Waals surface area contributed by atoms with Crippen molar-refractivity contribution < 1.29 is 0 Å². The number of hydrogen-bond donors (Lipinski definition) is 0. The van der Waals surface area contributed by atoms with Crippen molar-refractivity contribution in [2.75, 3.05) is 0 Å². The molecule has 252 valence electrons. The summed E-state index contributed by atoms with van der Waals surface area (Å²) in [6.45, 7) is 0. The maximum Gasteiger partial charge on any atom is 0.164 e. The summed E-state index contributed by atoms with van der Waals surface area (Å²) in [7, 11) is 0. The van der Waals surface area contributed by atoms with Crippen LogP contribution in [0, 0.1) is 0 Å². The van der Waals surface area contributed by atoms with Crippen LogP contribution in [0.4, 0.5) is 0 Å². The van der Waals surface area contributed by atoms with Crippen LogP contribution >= 0.6 is 11.8 Å². The zero-order chi connectivity index (χ0) is 35.6. The minimum absolute atomic E-state index is 0.494. The van der Waals surface area contributed by atoms with Gasteiger partial charge in [-0.25, -0.2) is 15.0 Å². The fourth-order valence-electron chi connectivity index (χ4n) is 8.53. The molecule has 0 radical (unpaired) electrons. The average Bonchev–Trinajstić information content (AvgIpc) is 3.54. The first-order valence-electron chi connectivity index (χ1n) is 18.1. The normalized spacial score (nSPS) is 13.3. The molecule has 1 spiro atoms. The fourth-order valence-corrected chi connectivity index (χ4v) is 9.80. The summed E-state index contributed by atoms with van der Waals surface area (Å²) in [4.78, 5) is 22.0. The molecule has 54 heavy (non-hydrogen) atoms. The molecule has 0 N–H and O–H groups in total. The van der Waals surface area contributed by atoms with Crippen molar-refractivity contribution in [1.82, 2.24) is 19.9 Å². The third-order valence-corrected chi connectivity index (χ3v) is 12.0. The Morgan fingerprint density at radius 2 is 0.907 bits per heavy atom. The lowest BCUT2D eigenvalue weighted by atomic mass is 9.67. The summed E-state index contributed by atoms with van der Waals surface area (Å²) in [6, 6.07) is 60.7. The molecule has 7 aromatic carbocycles. The molecule has 5 heteroatoms. The second kappa shape index (κ2) is 12.2. The highest BCUT2D eigenvalue weighted by molar-refractivity contribution is 7.99. The molecule has 0 saturated heterocycles. The van der Waals surface area contributed by atoms with E-state index in [0.717, 1.165) is 22.1 Å². The van der Waals surface area contributed by atoms with E-state index in [1.54, 1.807) is 0 Å². The Bertz CT molecular complexity index is 2810. The van der Waals surface area contributed by atoms with Crippen molar-refractivity contribution in [3.63, 3.8) is 0 Å². The van der Waals surface area contributed by atoms with Crippen molar-refractivity contribution >= 4 is 22.5 Å². The standard InChI is InChI=1S/C49H30N4S/c1-3-12-31(13-4-1)46-51-47(32-14-5-2-6-15-32)53-48(52-46)34-23-25-43-45(29-34)54-44-28-33(36-19-11-16-35-30-50-27-26-37(35)36)22-24-42(44)49(43)40-20-9-7-17-38(40)39-18-8-10-21-41(39)49/h1-30H. The van der Waals surface area contributed by atoms with Crippen LogP contribution in [-0.4, -0.2) is 19.9 Å². The smallest absolute Gasteiger partial charge is 0.164 e. The second-order valence-corrected chi connectivity index (χ2v) is 14.9. The molecule has 0 saturated carbocycles. The van der Waals surface area contributed by atoms with E-state index in [0.29, 0.717) is 17.5 Å². The lowest BCUT2D eigenvalue weighted by Crippen LogP contribution is -2.32.